The maximum Gasteiger partial charge on any atom is 0.0373 e. The molecule has 0 aliphatic carbocycles. The highest BCUT2D eigenvalue weighted by atomic mass is 15.1. The van der Waals surface area contributed by atoms with E-state index in [1.165, 1.54) is 22.5 Å². The van der Waals surface area contributed by atoms with Crippen LogP contribution in [0.25, 0.3) is 0 Å². The Kier molecular flexibility index (Phi) is 4.45. The lowest BCUT2D eigenvalue weighted by Gasteiger charge is -2.20. The first-order chi connectivity index (χ1) is 9.16. The lowest BCUT2D eigenvalue weighted by molar-refractivity contribution is 0.913. The standard InChI is InChI=1S/C17H22N2/c1-14-9-10-15(2)17(13-14)18-11-12-19(3)16-7-5-4-6-8-16/h4-10,13,18H,11-12H2,1-3H3. The van der Waals surface area contributed by atoms with Gasteiger partial charge in [0, 0.05) is 31.5 Å². The normalized spacial score (nSPS) is 10.3. The molecular weight excluding hydrogens is 232 g/mol. The Labute approximate surface area is 116 Å². The molecule has 0 atom stereocenters. The summed E-state index contributed by atoms with van der Waals surface area (Å²) in [5.41, 5.74) is 5.09. The van der Waals surface area contributed by atoms with Crippen molar-refractivity contribution in [2.24, 2.45) is 0 Å². The van der Waals surface area contributed by atoms with E-state index in [1.54, 1.807) is 0 Å². The van der Waals surface area contributed by atoms with Gasteiger partial charge in [0.2, 0.25) is 0 Å². The molecule has 2 aromatic carbocycles. The summed E-state index contributed by atoms with van der Waals surface area (Å²) in [6.45, 7) is 6.19. The van der Waals surface area contributed by atoms with E-state index < -0.39 is 0 Å². The summed E-state index contributed by atoms with van der Waals surface area (Å²) in [6, 6.07) is 17.0. The smallest absolute Gasteiger partial charge is 0.0373 e. The fourth-order valence-electron chi connectivity index (χ4n) is 2.10. The number of hydrogen-bond donors (Lipinski definition) is 1. The van der Waals surface area contributed by atoms with E-state index in [-0.39, 0.29) is 0 Å². The summed E-state index contributed by atoms with van der Waals surface area (Å²) < 4.78 is 0. The Balaban J connectivity index is 1.88. The molecule has 0 aliphatic rings. The molecule has 1 N–H and O–H groups in total. The fraction of sp³-hybridized carbons (Fsp3) is 0.294. The number of nitrogens with one attached hydrogen (secondary N) is 1. The Morgan fingerprint density at radius 2 is 1.74 bits per heavy atom. The summed E-state index contributed by atoms with van der Waals surface area (Å²) >= 11 is 0. The van der Waals surface area contributed by atoms with Gasteiger partial charge in [-0.1, -0.05) is 30.3 Å². The molecule has 0 radical (unpaired) electrons. The Morgan fingerprint density at radius 3 is 2.47 bits per heavy atom. The zero-order chi connectivity index (χ0) is 13.7. The molecule has 2 rings (SSSR count). The van der Waals surface area contributed by atoms with Crippen LogP contribution in [0.3, 0.4) is 0 Å². The molecule has 2 heteroatoms. The van der Waals surface area contributed by atoms with Gasteiger partial charge in [0.05, 0.1) is 0 Å². The second-order valence-electron chi connectivity index (χ2n) is 5.00. The van der Waals surface area contributed by atoms with Crippen LogP contribution in [0.5, 0.6) is 0 Å². The molecule has 0 unspecified atom stereocenters. The third-order valence-electron chi connectivity index (χ3n) is 3.35. The van der Waals surface area contributed by atoms with E-state index in [4.69, 9.17) is 0 Å². The Bertz CT molecular complexity index is 520. The first-order valence-electron chi connectivity index (χ1n) is 6.74. The highest BCUT2D eigenvalue weighted by Crippen LogP contribution is 2.16. The summed E-state index contributed by atoms with van der Waals surface area (Å²) in [6.07, 6.45) is 0. The van der Waals surface area contributed by atoms with Gasteiger partial charge >= 0.3 is 0 Å². The first-order valence-corrected chi connectivity index (χ1v) is 6.74. The van der Waals surface area contributed by atoms with Crippen molar-refractivity contribution in [1.82, 2.24) is 0 Å². The topological polar surface area (TPSA) is 15.3 Å². The van der Waals surface area contributed by atoms with Crippen LogP contribution in [0, 0.1) is 13.8 Å². The van der Waals surface area contributed by atoms with Gasteiger partial charge in [-0.25, -0.2) is 0 Å². The number of rotatable bonds is 5. The molecule has 0 bridgehead atoms. The molecule has 0 saturated heterocycles. The molecule has 0 aliphatic heterocycles. The lowest BCUT2D eigenvalue weighted by atomic mass is 10.1. The molecule has 19 heavy (non-hydrogen) atoms. The van der Waals surface area contributed by atoms with Gasteiger partial charge in [0.1, 0.15) is 0 Å². The number of benzene rings is 2. The molecule has 0 spiro atoms. The van der Waals surface area contributed by atoms with Gasteiger partial charge in [-0.05, 0) is 43.2 Å². The van der Waals surface area contributed by atoms with Crippen LogP contribution < -0.4 is 10.2 Å². The van der Waals surface area contributed by atoms with Crippen molar-refractivity contribution in [3.05, 3.63) is 59.7 Å². The minimum Gasteiger partial charge on any atom is -0.383 e. The van der Waals surface area contributed by atoms with Crippen LogP contribution in [-0.4, -0.2) is 20.1 Å². The van der Waals surface area contributed by atoms with E-state index in [0.29, 0.717) is 0 Å². The molecule has 0 heterocycles. The molecule has 100 valence electrons. The summed E-state index contributed by atoms with van der Waals surface area (Å²) in [5, 5.41) is 3.51. The van der Waals surface area contributed by atoms with Crippen LogP contribution in [0.4, 0.5) is 11.4 Å². The summed E-state index contributed by atoms with van der Waals surface area (Å²) in [4.78, 5) is 2.26. The average molecular weight is 254 g/mol. The quantitative estimate of drug-likeness (QED) is 0.871. The number of aryl methyl sites for hydroxylation is 2. The molecule has 0 amide bonds. The number of para-hydroxylation sites is 1. The second-order valence-corrected chi connectivity index (χ2v) is 5.00. The molecule has 0 aromatic heterocycles. The zero-order valence-corrected chi connectivity index (χ0v) is 12.0. The van der Waals surface area contributed by atoms with Crippen LogP contribution in [0.15, 0.2) is 48.5 Å². The second kappa shape index (κ2) is 6.28. The molecule has 2 nitrogen and oxygen atoms in total. The van der Waals surface area contributed by atoms with Crippen molar-refractivity contribution >= 4 is 11.4 Å². The van der Waals surface area contributed by atoms with E-state index in [0.717, 1.165) is 13.1 Å². The fourth-order valence-corrected chi connectivity index (χ4v) is 2.10. The minimum atomic E-state index is 0.940. The zero-order valence-electron chi connectivity index (χ0n) is 12.0. The number of anilines is 2. The van der Waals surface area contributed by atoms with Crippen molar-refractivity contribution in [2.45, 2.75) is 13.8 Å². The largest absolute Gasteiger partial charge is 0.383 e. The van der Waals surface area contributed by atoms with E-state index >= 15 is 0 Å². The monoisotopic (exact) mass is 254 g/mol. The van der Waals surface area contributed by atoms with Gasteiger partial charge in [-0.3, -0.25) is 0 Å². The third kappa shape index (κ3) is 3.75. The van der Waals surface area contributed by atoms with Crippen LogP contribution in [-0.2, 0) is 0 Å². The summed E-state index contributed by atoms with van der Waals surface area (Å²) in [7, 11) is 2.13. The predicted octanol–water partition coefficient (Wildman–Crippen LogP) is 3.85. The minimum absolute atomic E-state index is 0.940. The molecular formula is C17H22N2. The van der Waals surface area contributed by atoms with Gasteiger partial charge in [-0.2, -0.15) is 0 Å². The van der Waals surface area contributed by atoms with Gasteiger partial charge < -0.3 is 10.2 Å². The van der Waals surface area contributed by atoms with Crippen molar-refractivity contribution < 1.29 is 0 Å². The summed E-state index contributed by atoms with van der Waals surface area (Å²) in [5.74, 6) is 0. The van der Waals surface area contributed by atoms with Gasteiger partial charge in [0.25, 0.3) is 0 Å². The first kappa shape index (κ1) is 13.5. The van der Waals surface area contributed by atoms with Crippen LogP contribution in [0.1, 0.15) is 11.1 Å². The van der Waals surface area contributed by atoms with Crippen molar-refractivity contribution in [1.29, 1.82) is 0 Å². The maximum absolute atomic E-state index is 3.51. The Morgan fingerprint density at radius 1 is 1.00 bits per heavy atom. The number of hydrogen-bond acceptors (Lipinski definition) is 2. The van der Waals surface area contributed by atoms with Gasteiger partial charge in [-0.15, -0.1) is 0 Å². The van der Waals surface area contributed by atoms with Crippen LogP contribution >= 0.6 is 0 Å². The molecule has 0 fully saturated rings. The SMILES string of the molecule is Cc1ccc(C)c(NCCN(C)c2ccccc2)c1. The highest BCUT2D eigenvalue weighted by molar-refractivity contribution is 5.53. The molecule has 2 aromatic rings. The van der Waals surface area contributed by atoms with Crippen molar-refractivity contribution in [3.8, 4) is 0 Å². The molecule has 0 saturated carbocycles. The maximum atomic E-state index is 3.51. The van der Waals surface area contributed by atoms with Crippen molar-refractivity contribution in [3.63, 3.8) is 0 Å². The average Bonchev–Trinajstić information content (AvgIpc) is 2.43. The third-order valence-corrected chi connectivity index (χ3v) is 3.35. The number of nitrogens with zero attached hydrogens (tertiary/aromatic N) is 1. The number of likely N-dealkylation sites (N-methyl/N-ethyl adjacent to an activating group) is 1. The van der Waals surface area contributed by atoms with Gasteiger partial charge in [0.15, 0.2) is 0 Å². The Hall–Kier alpha value is -1.96. The van der Waals surface area contributed by atoms with E-state index in [1.807, 2.05) is 6.07 Å². The lowest BCUT2D eigenvalue weighted by Crippen LogP contribution is -2.24. The van der Waals surface area contributed by atoms with Crippen LogP contribution in [0.2, 0.25) is 0 Å². The highest BCUT2D eigenvalue weighted by Gasteiger charge is 2.01. The predicted molar refractivity (Wildman–Crippen MR) is 84.1 cm³/mol. The van der Waals surface area contributed by atoms with E-state index in [9.17, 15) is 0 Å². The van der Waals surface area contributed by atoms with E-state index in [2.05, 4.69) is 73.6 Å². The van der Waals surface area contributed by atoms with Crippen molar-refractivity contribution in [2.75, 3.05) is 30.4 Å².